The molecule has 0 aliphatic carbocycles. The fraction of sp³-hybridized carbons (Fsp3) is 0.556. The molecule has 0 saturated heterocycles. The van der Waals surface area contributed by atoms with Crippen molar-refractivity contribution in [3.63, 3.8) is 0 Å². The molecule has 1 aromatic rings. The van der Waals surface area contributed by atoms with Gasteiger partial charge in [0.05, 0.1) is 0 Å². The van der Waals surface area contributed by atoms with Crippen LogP contribution in [0.3, 0.4) is 0 Å². The predicted octanol–water partition coefficient (Wildman–Crippen LogP) is 2.30. The highest BCUT2D eigenvalue weighted by atomic mass is 35.5. The Kier molecular flexibility index (Phi) is 7.28. The molecular formula is C9H17ClN2S. The van der Waals surface area contributed by atoms with Crippen molar-refractivity contribution >= 4 is 23.7 Å². The van der Waals surface area contributed by atoms with E-state index in [0.29, 0.717) is 0 Å². The Morgan fingerprint density at radius 3 is 2.69 bits per heavy atom. The Labute approximate surface area is 89.7 Å². The predicted molar refractivity (Wildman–Crippen MR) is 61.4 cm³/mol. The molecule has 0 bridgehead atoms. The summed E-state index contributed by atoms with van der Waals surface area (Å²) in [6.45, 7) is 0.775. The molecule has 0 fully saturated rings. The lowest BCUT2D eigenvalue weighted by atomic mass is 10.1. The van der Waals surface area contributed by atoms with Crippen molar-refractivity contribution in [1.82, 2.24) is 0 Å². The molecule has 2 nitrogen and oxygen atoms in total. The molecule has 0 radical (unpaired) electrons. The van der Waals surface area contributed by atoms with E-state index in [9.17, 15) is 0 Å². The largest absolute Gasteiger partial charge is 0.330 e. The first-order valence-electron chi connectivity index (χ1n) is 4.33. The maximum Gasteiger partial charge on any atom is 0.0389 e. The SMILES string of the molecule is Cl.NCCCC[C@H](N)c1cccs1. The minimum absolute atomic E-state index is 0. The third-order valence-corrected chi connectivity index (χ3v) is 2.88. The van der Waals surface area contributed by atoms with Crippen LogP contribution >= 0.6 is 23.7 Å². The van der Waals surface area contributed by atoms with Gasteiger partial charge in [0.1, 0.15) is 0 Å². The fourth-order valence-corrected chi connectivity index (χ4v) is 1.92. The molecule has 76 valence electrons. The lowest BCUT2D eigenvalue weighted by Crippen LogP contribution is -2.09. The first-order chi connectivity index (χ1) is 5.84. The van der Waals surface area contributed by atoms with E-state index in [1.807, 2.05) is 6.07 Å². The van der Waals surface area contributed by atoms with Crippen LogP contribution in [-0.4, -0.2) is 6.54 Å². The van der Waals surface area contributed by atoms with Crippen LogP contribution < -0.4 is 11.5 Å². The molecule has 1 rings (SSSR count). The number of halogens is 1. The zero-order valence-corrected chi connectivity index (χ0v) is 9.24. The standard InChI is InChI=1S/C9H16N2S.ClH/c10-6-2-1-4-8(11)9-5-3-7-12-9;/h3,5,7-8H,1-2,4,6,10-11H2;1H/t8-;/m0./s1. The highest BCUT2D eigenvalue weighted by molar-refractivity contribution is 7.10. The van der Waals surface area contributed by atoms with E-state index in [4.69, 9.17) is 11.5 Å². The highest BCUT2D eigenvalue weighted by Gasteiger charge is 2.05. The zero-order chi connectivity index (χ0) is 8.81. The molecule has 0 aliphatic heterocycles. The van der Waals surface area contributed by atoms with Gasteiger partial charge in [-0.25, -0.2) is 0 Å². The van der Waals surface area contributed by atoms with Gasteiger partial charge >= 0.3 is 0 Å². The summed E-state index contributed by atoms with van der Waals surface area (Å²) in [6.07, 6.45) is 3.27. The zero-order valence-electron chi connectivity index (χ0n) is 7.61. The quantitative estimate of drug-likeness (QED) is 0.749. The van der Waals surface area contributed by atoms with E-state index in [0.717, 1.165) is 25.8 Å². The van der Waals surface area contributed by atoms with E-state index in [1.54, 1.807) is 11.3 Å². The van der Waals surface area contributed by atoms with Crippen molar-refractivity contribution in [3.05, 3.63) is 22.4 Å². The summed E-state index contributed by atoms with van der Waals surface area (Å²) in [5, 5.41) is 2.07. The van der Waals surface area contributed by atoms with Gasteiger partial charge < -0.3 is 11.5 Å². The van der Waals surface area contributed by atoms with Crippen molar-refractivity contribution in [2.75, 3.05) is 6.54 Å². The Bertz CT molecular complexity index is 201. The number of hydrogen-bond acceptors (Lipinski definition) is 3. The van der Waals surface area contributed by atoms with E-state index in [-0.39, 0.29) is 18.4 Å². The maximum atomic E-state index is 5.95. The van der Waals surface area contributed by atoms with Crippen molar-refractivity contribution < 1.29 is 0 Å². The molecule has 4 heteroatoms. The second-order valence-corrected chi connectivity index (χ2v) is 3.89. The van der Waals surface area contributed by atoms with E-state index >= 15 is 0 Å². The first-order valence-corrected chi connectivity index (χ1v) is 5.21. The van der Waals surface area contributed by atoms with Crippen LogP contribution in [-0.2, 0) is 0 Å². The molecule has 0 saturated carbocycles. The third kappa shape index (κ3) is 4.62. The molecule has 1 atom stereocenters. The first kappa shape index (κ1) is 12.9. The summed E-state index contributed by atoms with van der Waals surface area (Å²) >= 11 is 1.73. The summed E-state index contributed by atoms with van der Waals surface area (Å²) in [6, 6.07) is 4.36. The van der Waals surface area contributed by atoms with E-state index in [1.165, 1.54) is 4.88 Å². The molecule has 13 heavy (non-hydrogen) atoms. The van der Waals surface area contributed by atoms with Crippen molar-refractivity contribution in [3.8, 4) is 0 Å². The van der Waals surface area contributed by atoms with Gasteiger partial charge in [0.2, 0.25) is 0 Å². The Balaban J connectivity index is 0.00000144. The van der Waals surface area contributed by atoms with Gasteiger partial charge in [-0.15, -0.1) is 23.7 Å². The molecule has 0 unspecified atom stereocenters. The summed E-state index contributed by atoms with van der Waals surface area (Å²) in [7, 11) is 0. The lowest BCUT2D eigenvalue weighted by Gasteiger charge is -2.07. The number of unbranched alkanes of at least 4 members (excludes halogenated alkanes) is 1. The van der Waals surface area contributed by atoms with Crippen LogP contribution in [0, 0.1) is 0 Å². The second-order valence-electron chi connectivity index (χ2n) is 2.91. The van der Waals surface area contributed by atoms with E-state index in [2.05, 4.69) is 11.4 Å². The van der Waals surface area contributed by atoms with Gasteiger partial charge in [-0.05, 0) is 30.8 Å². The molecule has 0 aliphatic rings. The minimum Gasteiger partial charge on any atom is -0.330 e. The topological polar surface area (TPSA) is 52.0 Å². The van der Waals surface area contributed by atoms with Gasteiger partial charge in [0, 0.05) is 10.9 Å². The lowest BCUT2D eigenvalue weighted by molar-refractivity contribution is 0.598. The fourth-order valence-electron chi connectivity index (χ4n) is 1.15. The van der Waals surface area contributed by atoms with Gasteiger partial charge in [0.15, 0.2) is 0 Å². The average Bonchev–Trinajstić information content (AvgIpc) is 2.56. The molecule has 1 aromatic heterocycles. The van der Waals surface area contributed by atoms with Crippen LogP contribution in [0.5, 0.6) is 0 Å². The minimum atomic E-state index is 0. The smallest absolute Gasteiger partial charge is 0.0389 e. The molecule has 4 N–H and O–H groups in total. The van der Waals surface area contributed by atoms with Crippen LogP contribution in [0.15, 0.2) is 17.5 Å². The Hall–Kier alpha value is -0.0900. The molecular weight excluding hydrogens is 204 g/mol. The third-order valence-electron chi connectivity index (χ3n) is 1.88. The average molecular weight is 221 g/mol. The van der Waals surface area contributed by atoms with Crippen molar-refractivity contribution in [2.24, 2.45) is 11.5 Å². The number of hydrogen-bond donors (Lipinski definition) is 2. The number of rotatable bonds is 5. The van der Waals surface area contributed by atoms with Gasteiger partial charge in [-0.1, -0.05) is 12.5 Å². The van der Waals surface area contributed by atoms with Gasteiger partial charge in [0.25, 0.3) is 0 Å². The normalized spacial score (nSPS) is 12.2. The summed E-state index contributed by atoms with van der Waals surface area (Å²) < 4.78 is 0. The second kappa shape index (κ2) is 7.33. The van der Waals surface area contributed by atoms with Crippen LogP contribution in [0.25, 0.3) is 0 Å². The highest BCUT2D eigenvalue weighted by Crippen LogP contribution is 2.20. The van der Waals surface area contributed by atoms with Gasteiger partial charge in [-0.3, -0.25) is 0 Å². The Morgan fingerprint density at radius 1 is 1.38 bits per heavy atom. The van der Waals surface area contributed by atoms with Crippen molar-refractivity contribution in [1.29, 1.82) is 0 Å². The number of nitrogens with two attached hydrogens (primary N) is 2. The summed E-state index contributed by atoms with van der Waals surface area (Å²) in [5.74, 6) is 0. The molecule has 0 aromatic carbocycles. The maximum absolute atomic E-state index is 5.95. The molecule has 0 amide bonds. The molecule has 1 heterocycles. The van der Waals surface area contributed by atoms with Crippen LogP contribution in [0.2, 0.25) is 0 Å². The summed E-state index contributed by atoms with van der Waals surface area (Å²) in [5.41, 5.74) is 11.3. The molecule has 0 spiro atoms. The van der Waals surface area contributed by atoms with Gasteiger partial charge in [-0.2, -0.15) is 0 Å². The van der Waals surface area contributed by atoms with Crippen LogP contribution in [0.4, 0.5) is 0 Å². The van der Waals surface area contributed by atoms with Crippen LogP contribution in [0.1, 0.15) is 30.2 Å². The van der Waals surface area contributed by atoms with E-state index < -0.39 is 0 Å². The monoisotopic (exact) mass is 220 g/mol. The summed E-state index contributed by atoms with van der Waals surface area (Å²) in [4.78, 5) is 1.28. The Morgan fingerprint density at radius 2 is 2.15 bits per heavy atom. The van der Waals surface area contributed by atoms with Crippen molar-refractivity contribution in [2.45, 2.75) is 25.3 Å². The number of thiophene rings is 1.